The fourth-order valence-electron chi connectivity index (χ4n) is 6.64. The largest absolute Gasteiger partial charge is 0.378 e. The van der Waals surface area contributed by atoms with Crippen LogP contribution in [0.1, 0.15) is 55.3 Å². The zero-order valence-corrected chi connectivity index (χ0v) is 16.2. The van der Waals surface area contributed by atoms with E-state index in [0.29, 0.717) is 11.0 Å². The van der Waals surface area contributed by atoms with E-state index in [9.17, 15) is 4.79 Å². The van der Waals surface area contributed by atoms with Gasteiger partial charge in [-0.1, -0.05) is 0 Å². The van der Waals surface area contributed by atoms with Crippen molar-refractivity contribution in [3.8, 4) is 0 Å². The lowest BCUT2D eigenvalue weighted by Crippen LogP contribution is -2.47. The Balaban J connectivity index is 1.14. The van der Waals surface area contributed by atoms with Crippen molar-refractivity contribution in [3.05, 3.63) is 23.9 Å². The summed E-state index contributed by atoms with van der Waals surface area (Å²) < 4.78 is 5.38. The molecule has 5 aliphatic rings. The molecule has 5 nitrogen and oxygen atoms in total. The Hall–Kier alpha value is -1.62. The molecule has 2 heterocycles. The van der Waals surface area contributed by atoms with Gasteiger partial charge in [0.05, 0.1) is 18.8 Å². The first-order valence-corrected chi connectivity index (χ1v) is 10.8. The van der Waals surface area contributed by atoms with Crippen LogP contribution < -0.4 is 10.2 Å². The summed E-state index contributed by atoms with van der Waals surface area (Å²) in [6.07, 6.45) is 11.5. The van der Waals surface area contributed by atoms with Gasteiger partial charge in [0.1, 0.15) is 5.82 Å². The molecule has 6 rings (SSSR count). The molecule has 1 aromatic heterocycles. The fraction of sp³-hybridized carbons (Fsp3) is 0.727. The number of aromatic nitrogens is 1. The van der Waals surface area contributed by atoms with Crippen molar-refractivity contribution in [1.82, 2.24) is 10.3 Å². The lowest BCUT2D eigenvalue weighted by Gasteiger charge is -2.57. The Morgan fingerprint density at radius 2 is 1.78 bits per heavy atom. The molecule has 5 heteroatoms. The van der Waals surface area contributed by atoms with Crippen LogP contribution >= 0.6 is 0 Å². The number of rotatable bonds is 5. The van der Waals surface area contributed by atoms with E-state index < -0.39 is 0 Å². The van der Waals surface area contributed by atoms with Gasteiger partial charge in [0.15, 0.2) is 0 Å². The first-order valence-electron chi connectivity index (χ1n) is 10.8. The van der Waals surface area contributed by atoms with Crippen LogP contribution in [0, 0.1) is 23.2 Å². The summed E-state index contributed by atoms with van der Waals surface area (Å²) in [5.74, 6) is 3.88. The molecule has 4 saturated carbocycles. The van der Waals surface area contributed by atoms with Crippen LogP contribution in [-0.4, -0.2) is 43.7 Å². The number of nitrogens with one attached hydrogen (secondary N) is 1. The molecule has 0 unspecified atom stereocenters. The zero-order chi connectivity index (χ0) is 18.3. The highest BCUT2D eigenvalue weighted by molar-refractivity contribution is 5.94. The SMILES string of the molecule is O=C(NCCC12CC3CC(CC(C3)C1)C2)c1ccc(N2CCOCC2)nc1. The van der Waals surface area contributed by atoms with Crippen molar-refractivity contribution in [2.24, 2.45) is 23.2 Å². The topological polar surface area (TPSA) is 54.5 Å². The minimum absolute atomic E-state index is 0.0146. The summed E-state index contributed by atoms with van der Waals surface area (Å²) in [5.41, 5.74) is 1.19. The first-order chi connectivity index (χ1) is 13.2. The number of carbonyl (C=O) groups excluding carboxylic acids is 1. The van der Waals surface area contributed by atoms with E-state index in [1.807, 2.05) is 12.1 Å². The number of amides is 1. The van der Waals surface area contributed by atoms with Crippen molar-refractivity contribution in [2.45, 2.75) is 44.9 Å². The highest BCUT2D eigenvalue weighted by Crippen LogP contribution is 2.61. The quantitative estimate of drug-likeness (QED) is 0.866. The van der Waals surface area contributed by atoms with Gasteiger partial charge in [-0.15, -0.1) is 0 Å². The van der Waals surface area contributed by atoms with Crippen LogP contribution in [0.25, 0.3) is 0 Å². The Morgan fingerprint density at radius 3 is 2.37 bits per heavy atom. The molecule has 1 saturated heterocycles. The second-order valence-corrected chi connectivity index (χ2v) is 9.43. The Labute approximate surface area is 161 Å². The second kappa shape index (κ2) is 7.08. The van der Waals surface area contributed by atoms with Gasteiger partial charge in [-0.3, -0.25) is 4.79 Å². The average Bonchev–Trinajstić information content (AvgIpc) is 2.67. The van der Waals surface area contributed by atoms with Crippen molar-refractivity contribution in [3.63, 3.8) is 0 Å². The van der Waals surface area contributed by atoms with Gasteiger partial charge in [0.2, 0.25) is 0 Å². The Kier molecular flexibility index (Phi) is 4.58. The zero-order valence-electron chi connectivity index (χ0n) is 16.2. The molecule has 0 radical (unpaired) electrons. The third-order valence-electron chi connectivity index (χ3n) is 7.45. The summed E-state index contributed by atoms with van der Waals surface area (Å²) in [4.78, 5) is 19.2. The molecule has 5 fully saturated rings. The standard InChI is InChI=1S/C22H31N3O2/c26-21(19-1-2-20(24-15-19)25-5-7-27-8-6-25)23-4-3-22-12-16-9-17(13-22)11-18(10-16)14-22/h1-2,15-18H,3-14H2,(H,23,26). The van der Waals surface area contributed by atoms with Crippen molar-refractivity contribution in [1.29, 1.82) is 0 Å². The van der Waals surface area contributed by atoms with Gasteiger partial charge in [-0.2, -0.15) is 0 Å². The minimum atomic E-state index is 0.0146. The monoisotopic (exact) mass is 369 g/mol. The van der Waals surface area contributed by atoms with Crippen molar-refractivity contribution in [2.75, 3.05) is 37.7 Å². The number of hydrogen-bond acceptors (Lipinski definition) is 4. The van der Waals surface area contributed by atoms with Crippen molar-refractivity contribution >= 4 is 11.7 Å². The lowest BCUT2D eigenvalue weighted by molar-refractivity contribution is -0.0564. The fourth-order valence-corrected chi connectivity index (χ4v) is 6.64. The summed E-state index contributed by atoms with van der Waals surface area (Å²) in [6, 6.07) is 3.86. The molecule has 0 atom stereocenters. The maximum Gasteiger partial charge on any atom is 0.252 e. The van der Waals surface area contributed by atoms with Gasteiger partial charge in [-0.05, 0) is 80.2 Å². The smallest absolute Gasteiger partial charge is 0.252 e. The molecule has 146 valence electrons. The maximum atomic E-state index is 12.5. The highest BCUT2D eigenvalue weighted by atomic mass is 16.5. The van der Waals surface area contributed by atoms with E-state index >= 15 is 0 Å². The molecular formula is C22H31N3O2. The molecule has 1 N–H and O–H groups in total. The third kappa shape index (κ3) is 3.58. The van der Waals surface area contributed by atoms with Gasteiger partial charge in [0, 0.05) is 25.8 Å². The number of pyridine rings is 1. The third-order valence-corrected chi connectivity index (χ3v) is 7.45. The molecule has 0 spiro atoms. The highest BCUT2D eigenvalue weighted by Gasteiger charge is 2.50. The molecule has 4 aliphatic carbocycles. The van der Waals surface area contributed by atoms with E-state index in [4.69, 9.17) is 4.74 Å². The van der Waals surface area contributed by atoms with E-state index in [2.05, 4.69) is 15.2 Å². The molecule has 1 amide bonds. The van der Waals surface area contributed by atoms with Gasteiger partial charge in [0.25, 0.3) is 5.91 Å². The lowest BCUT2D eigenvalue weighted by atomic mass is 9.49. The van der Waals surface area contributed by atoms with E-state index in [1.54, 1.807) is 6.20 Å². The average molecular weight is 370 g/mol. The number of anilines is 1. The van der Waals surface area contributed by atoms with Gasteiger partial charge >= 0.3 is 0 Å². The minimum Gasteiger partial charge on any atom is -0.378 e. The number of ether oxygens (including phenoxy) is 1. The van der Waals surface area contributed by atoms with Gasteiger partial charge < -0.3 is 15.0 Å². The van der Waals surface area contributed by atoms with Crippen LogP contribution in [0.15, 0.2) is 18.3 Å². The van der Waals surface area contributed by atoms with E-state index in [0.717, 1.165) is 62.8 Å². The molecular weight excluding hydrogens is 338 g/mol. The summed E-state index contributed by atoms with van der Waals surface area (Å²) >= 11 is 0. The predicted molar refractivity (Wildman–Crippen MR) is 105 cm³/mol. The summed E-state index contributed by atoms with van der Waals surface area (Å²) in [7, 11) is 0. The van der Waals surface area contributed by atoms with Crippen LogP contribution in [0.4, 0.5) is 5.82 Å². The van der Waals surface area contributed by atoms with Crippen LogP contribution in [0.5, 0.6) is 0 Å². The normalized spacial score (nSPS) is 34.7. The Bertz CT molecular complexity index is 646. The number of nitrogens with zero attached hydrogens (tertiary/aromatic N) is 2. The molecule has 27 heavy (non-hydrogen) atoms. The second-order valence-electron chi connectivity index (χ2n) is 9.43. The maximum absolute atomic E-state index is 12.5. The van der Waals surface area contributed by atoms with E-state index in [-0.39, 0.29) is 5.91 Å². The predicted octanol–water partition coefficient (Wildman–Crippen LogP) is 3.25. The summed E-state index contributed by atoms with van der Waals surface area (Å²) in [5, 5.41) is 3.16. The number of morpholine rings is 1. The van der Waals surface area contributed by atoms with Crippen LogP contribution in [0.3, 0.4) is 0 Å². The molecule has 1 aliphatic heterocycles. The molecule has 4 bridgehead atoms. The summed E-state index contributed by atoms with van der Waals surface area (Å²) in [6.45, 7) is 4.02. The van der Waals surface area contributed by atoms with Crippen LogP contribution in [-0.2, 0) is 4.74 Å². The Morgan fingerprint density at radius 1 is 1.11 bits per heavy atom. The number of hydrogen-bond donors (Lipinski definition) is 1. The van der Waals surface area contributed by atoms with E-state index in [1.165, 1.54) is 38.5 Å². The van der Waals surface area contributed by atoms with Gasteiger partial charge in [-0.25, -0.2) is 4.98 Å². The molecule has 0 aromatic carbocycles. The van der Waals surface area contributed by atoms with Crippen molar-refractivity contribution < 1.29 is 9.53 Å². The number of carbonyl (C=O) groups is 1. The van der Waals surface area contributed by atoms with Crippen LogP contribution in [0.2, 0.25) is 0 Å². The first kappa shape index (κ1) is 17.5. The molecule has 1 aromatic rings.